The second-order valence-electron chi connectivity index (χ2n) is 6.14. The van der Waals surface area contributed by atoms with Crippen molar-refractivity contribution in [2.75, 3.05) is 6.61 Å². The molecule has 2 amide bonds. The van der Waals surface area contributed by atoms with Crippen LogP contribution in [0.15, 0.2) is 60.8 Å². The average molecular weight is 366 g/mol. The topological polar surface area (TPSA) is 62.4 Å². The molecule has 132 valence electrons. The molecule has 5 nitrogen and oxygen atoms in total. The monoisotopic (exact) mass is 366 g/mol. The van der Waals surface area contributed by atoms with Crippen molar-refractivity contribution >= 4 is 33.8 Å². The van der Waals surface area contributed by atoms with Crippen molar-refractivity contribution in [1.82, 2.24) is 10.0 Å². The summed E-state index contributed by atoms with van der Waals surface area (Å²) in [6, 6.07) is 17.7. The molecule has 1 atom stereocenters. The predicted molar refractivity (Wildman–Crippen MR) is 102 cm³/mol. The lowest BCUT2D eigenvalue weighted by atomic mass is 10.1. The highest BCUT2D eigenvalue weighted by Crippen LogP contribution is 2.30. The number of nitrogens with one attached hydrogen (secondary N) is 1. The molecule has 2 heterocycles. The van der Waals surface area contributed by atoms with Crippen LogP contribution in [-0.4, -0.2) is 33.1 Å². The van der Waals surface area contributed by atoms with E-state index >= 15 is 0 Å². The van der Waals surface area contributed by atoms with Crippen molar-refractivity contribution in [3.63, 3.8) is 0 Å². The molecule has 1 aliphatic rings. The van der Waals surface area contributed by atoms with Crippen molar-refractivity contribution in [1.29, 1.82) is 0 Å². The Morgan fingerprint density at radius 2 is 1.81 bits per heavy atom. The number of hydrogen-bond acceptors (Lipinski definition) is 4. The molecule has 4 rings (SSSR count). The van der Waals surface area contributed by atoms with Gasteiger partial charge in [0.25, 0.3) is 5.91 Å². The van der Waals surface area contributed by atoms with Crippen LogP contribution in [0, 0.1) is 0 Å². The first-order chi connectivity index (χ1) is 12.7. The van der Waals surface area contributed by atoms with E-state index in [1.54, 1.807) is 0 Å². The van der Waals surface area contributed by atoms with Gasteiger partial charge in [-0.2, -0.15) is 0 Å². The smallest absolute Gasteiger partial charge is 0.313 e. The number of H-pyrrole nitrogens is 1. The van der Waals surface area contributed by atoms with Gasteiger partial charge in [0.05, 0.1) is 11.9 Å². The second-order valence-corrected chi connectivity index (χ2v) is 7.29. The number of hydroxylamine groups is 2. The number of nitrogens with zero attached hydrogens (tertiary/aromatic N) is 1. The van der Waals surface area contributed by atoms with E-state index in [-0.39, 0.29) is 17.8 Å². The highest BCUT2D eigenvalue weighted by atomic mass is 32.2. The van der Waals surface area contributed by atoms with Gasteiger partial charge in [-0.1, -0.05) is 48.5 Å². The lowest BCUT2D eigenvalue weighted by molar-refractivity contribution is -0.163. The molecule has 6 heteroatoms. The van der Waals surface area contributed by atoms with Gasteiger partial charge in [0.2, 0.25) is 0 Å². The van der Waals surface area contributed by atoms with E-state index in [2.05, 4.69) is 4.98 Å². The number of amides is 2. The Kier molecular flexibility index (Phi) is 4.77. The quantitative estimate of drug-likeness (QED) is 0.718. The Hall–Kier alpha value is -2.57. The van der Waals surface area contributed by atoms with Crippen LogP contribution >= 0.6 is 11.8 Å². The molecule has 1 fully saturated rings. The lowest BCUT2D eigenvalue weighted by Gasteiger charge is -2.13. The summed E-state index contributed by atoms with van der Waals surface area (Å²) in [4.78, 5) is 33.3. The minimum Gasteiger partial charge on any atom is -0.361 e. The van der Waals surface area contributed by atoms with Gasteiger partial charge in [0.15, 0.2) is 0 Å². The van der Waals surface area contributed by atoms with Crippen LogP contribution in [0.25, 0.3) is 10.9 Å². The van der Waals surface area contributed by atoms with Gasteiger partial charge in [-0.3, -0.25) is 14.4 Å². The van der Waals surface area contributed by atoms with E-state index in [1.165, 1.54) is 0 Å². The molecule has 26 heavy (non-hydrogen) atoms. The number of carbonyl (C=O) groups is 2. The molecule has 0 bridgehead atoms. The van der Waals surface area contributed by atoms with Crippen molar-refractivity contribution in [3.05, 3.63) is 71.9 Å². The number of aromatic amines is 1. The van der Waals surface area contributed by atoms with Crippen LogP contribution < -0.4 is 0 Å². The Bertz CT molecular complexity index is 938. The van der Waals surface area contributed by atoms with E-state index in [9.17, 15) is 9.59 Å². The molecule has 1 saturated heterocycles. The fraction of sp³-hybridized carbons (Fsp3) is 0.200. The zero-order valence-electron chi connectivity index (χ0n) is 14.1. The largest absolute Gasteiger partial charge is 0.361 e. The van der Waals surface area contributed by atoms with Crippen molar-refractivity contribution in [3.8, 4) is 0 Å². The molecule has 0 aliphatic carbocycles. The lowest BCUT2D eigenvalue weighted by Crippen LogP contribution is -2.33. The normalized spacial score (nSPS) is 17.4. The van der Waals surface area contributed by atoms with Gasteiger partial charge in [0, 0.05) is 23.5 Å². The number of carbonyl (C=O) groups excluding carboxylic acids is 2. The summed E-state index contributed by atoms with van der Waals surface area (Å²) < 4.78 is 0. The molecule has 0 radical (unpaired) electrons. The number of rotatable bonds is 6. The molecule has 1 unspecified atom stereocenters. The van der Waals surface area contributed by atoms with E-state index < -0.39 is 5.25 Å². The number of imide groups is 1. The maximum atomic E-state index is 12.5. The molecular formula is C20H18N2O3S. The third-order valence-corrected chi connectivity index (χ3v) is 5.44. The van der Waals surface area contributed by atoms with Gasteiger partial charge < -0.3 is 4.98 Å². The van der Waals surface area contributed by atoms with E-state index in [4.69, 9.17) is 4.84 Å². The average Bonchev–Trinajstić information content (AvgIpc) is 3.19. The van der Waals surface area contributed by atoms with Crippen LogP contribution in [0.1, 0.15) is 11.1 Å². The van der Waals surface area contributed by atoms with Gasteiger partial charge in [0.1, 0.15) is 0 Å². The molecule has 1 aromatic heterocycles. The molecule has 0 saturated carbocycles. The predicted octanol–water partition coefficient (Wildman–Crippen LogP) is 3.95. The first kappa shape index (κ1) is 16.9. The number of fused-ring (bicyclic) bond motifs is 1. The maximum absolute atomic E-state index is 12.5. The zero-order valence-corrected chi connectivity index (χ0v) is 14.9. The molecule has 2 aromatic carbocycles. The fourth-order valence-electron chi connectivity index (χ4n) is 3.10. The minimum absolute atomic E-state index is 0.275. The highest BCUT2D eigenvalue weighted by Gasteiger charge is 2.40. The van der Waals surface area contributed by atoms with Crippen LogP contribution in [0.5, 0.6) is 0 Å². The summed E-state index contributed by atoms with van der Waals surface area (Å²) in [5, 5.41) is 1.30. The van der Waals surface area contributed by atoms with Gasteiger partial charge >= 0.3 is 5.24 Å². The van der Waals surface area contributed by atoms with Crippen LogP contribution in [0.4, 0.5) is 4.79 Å². The van der Waals surface area contributed by atoms with Crippen molar-refractivity contribution in [2.45, 2.75) is 18.1 Å². The van der Waals surface area contributed by atoms with Crippen LogP contribution in [0.3, 0.4) is 0 Å². The van der Waals surface area contributed by atoms with E-state index in [0.29, 0.717) is 12.8 Å². The third kappa shape index (κ3) is 3.38. The van der Waals surface area contributed by atoms with Crippen molar-refractivity contribution in [2.24, 2.45) is 0 Å². The molecule has 1 N–H and O–H groups in total. The Morgan fingerprint density at radius 1 is 1.04 bits per heavy atom. The Morgan fingerprint density at radius 3 is 2.65 bits per heavy atom. The number of benzene rings is 2. The highest BCUT2D eigenvalue weighted by molar-refractivity contribution is 8.15. The van der Waals surface area contributed by atoms with Crippen molar-refractivity contribution < 1.29 is 14.4 Å². The Labute approximate surface area is 155 Å². The summed E-state index contributed by atoms with van der Waals surface area (Å²) in [7, 11) is 0. The fourth-order valence-corrected chi connectivity index (χ4v) is 4.05. The molecule has 1 aliphatic heterocycles. The van der Waals surface area contributed by atoms with Gasteiger partial charge in [-0.15, -0.1) is 5.06 Å². The Balaban J connectivity index is 1.36. The summed E-state index contributed by atoms with van der Waals surface area (Å²) in [5.74, 6) is -0.275. The van der Waals surface area contributed by atoms with Gasteiger partial charge in [-0.05, 0) is 35.4 Å². The third-order valence-electron chi connectivity index (χ3n) is 4.42. The first-order valence-corrected chi connectivity index (χ1v) is 9.37. The number of hydrogen-bond donors (Lipinski definition) is 1. The SMILES string of the molecule is O=C1SC(Cc2ccccc2)C(=O)N1OCCc1c[nH]c2ccccc12. The molecular weight excluding hydrogens is 348 g/mol. The standard InChI is InChI=1S/C20H18N2O3S/c23-19-18(12-14-6-2-1-3-7-14)26-20(24)22(19)25-11-10-15-13-21-17-9-5-4-8-16(15)17/h1-9,13,18,21H,10-12H2. The molecule has 3 aromatic rings. The summed E-state index contributed by atoms with van der Waals surface area (Å²) >= 11 is 1.03. The maximum Gasteiger partial charge on any atom is 0.313 e. The first-order valence-electron chi connectivity index (χ1n) is 8.49. The second kappa shape index (κ2) is 7.35. The zero-order chi connectivity index (χ0) is 17.9. The van der Waals surface area contributed by atoms with Crippen LogP contribution in [0.2, 0.25) is 0 Å². The summed E-state index contributed by atoms with van der Waals surface area (Å²) in [6.45, 7) is 0.276. The minimum atomic E-state index is -0.419. The summed E-state index contributed by atoms with van der Waals surface area (Å²) in [5.41, 5.74) is 3.20. The van der Waals surface area contributed by atoms with Crippen LogP contribution in [-0.2, 0) is 22.5 Å². The summed E-state index contributed by atoms with van der Waals surface area (Å²) in [6.07, 6.45) is 3.09. The molecule has 0 spiro atoms. The van der Waals surface area contributed by atoms with Gasteiger partial charge in [-0.25, -0.2) is 0 Å². The number of para-hydroxylation sites is 1. The van der Waals surface area contributed by atoms with E-state index in [0.717, 1.165) is 38.9 Å². The number of aromatic nitrogens is 1. The van der Waals surface area contributed by atoms with E-state index in [1.807, 2.05) is 60.8 Å². The number of thioether (sulfide) groups is 1.